The number of aryl methyl sites for hydroxylation is 1. The van der Waals surface area contributed by atoms with E-state index in [1.54, 1.807) is 25.3 Å². The number of nitrogens with zero attached hydrogens (tertiary/aromatic N) is 2. The van der Waals surface area contributed by atoms with Gasteiger partial charge in [-0.05, 0) is 49.5 Å². The number of thiazole rings is 1. The van der Waals surface area contributed by atoms with E-state index in [0.29, 0.717) is 28.5 Å². The molecular weight excluding hydrogens is 485 g/mol. The van der Waals surface area contributed by atoms with E-state index in [9.17, 15) is 23.6 Å². The maximum atomic E-state index is 13.2. The fraction of sp³-hybridized carbons (Fsp3) is 0.400. The predicted molar refractivity (Wildman–Crippen MR) is 133 cm³/mol. The fourth-order valence-corrected chi connectivity index (χ4v) is 5.32. The standard InChI is InChI=1S/C25H28FN5O4S/c1-14-22(15(2)32)36-25(27-14)30-24(35)29-19-6-4-3-5-17(19)12-31-13-21(33)28-20(23(31)34)11-16-7-9-18(26)10-8-16/h7-10,12,19-20H,3-6,11,13H2,1-2H3,(H,28,33)(H2,27,29,30,35)/b17-12-/t19-,20+/m1/s1. The zero-order valence-electron chi connectivity index (χ0n) is 20.1. The van der Waals surface area contributed by atoms with Crippen molar-refractivity contribution in [3.63, 3.8) is 0 Å². The number of halogens is 1. The van der Waals surface area contributed by atoms with E-state index in [1.165, 1.54) is 24.0 Å². The molecule has 2 fully saturated rings. The average Bonchev–Trinajstić information content (AvgIpc) is 3.19. The molecule has 36 heavy (non-hydrogen) atoms. The summed E-state index contributed by atoms with van der Waals surface area (Å²) in [6.45, 7) is 3.07. The number of aromatic nitrogens is 1. The number of carbonyl (C=O) groups is 4. The van der Waals surface area contributed by atoms with Gasteiger partial charge >= 0.3 is 6.03 Å². The molecule has 1 saturated heterocycles. The van der Waals surface area contributed by atoms with Gasteiger partial charge in [0.05, 0.1) is 16.6 Å². The van der Waals surface area contributed by atoms with Crippen LogP contribution in [0.1, 0.15) is 53.5 Å². The number of carbonyl (C=O) groups excluding carboxylic acids is 4. The predicted octanol–water partition coefficient (Wildman–Crippen LogP) is 3.31. The third kappa shape index (κ3) is 6.14. The van der Waals surface area contributed by atoms with Crippen molar-refractivity contribution in [3.8, 4) is 0 Å². The Morgan fingerprint density at radius 3 is 2.69 bits per heavy atom. The van der Waals surface area contributed by atoms with Crippen LogP contribution >= 0.6 is 11.3 Å². The summed E-state index contributed by atoms with van der Waals surface area (Å²) in [5.41, 5.74) is 2.17. The Kier molecular flexibility index (Phi) is 7.78. The van der Waals surface area contributed by atoms with E-state index in [0.717, 1.165) is 35.3 Å². The minimum absolute atomic E-state index is 0.104. The van der Waals surface area contributed by atoms with Gasteiger partial charge in [0.25, 0.3) is 0 Å². The first-order chi connectivity index (χ1) is 17.2. The maximum Gasteiger partial charge on any atom is 0.321 e. The first-order valence-corrected chi connectivity index (χ1v) is 12.6. The first kappa shape index (κ1) is 25.5. The molecule has 4 rings (SSSR count). The van der Waals surface area contributed by atoms with Crippen molar-refractivity contribution in [1.82, 2.24) is 20.5 Å². The lowest BCUT2D eigenvalue weighted by Gasteiger charge is -2.33. The molecule has 2 atom stereocenters. The van der Waals surface area contributed by atoms with Gasteiger partial charge in [-0.2, -0.15) is 0 Å². The smallest absolute Gasteiger partial charge is 0.321 e. The zero-order valence-corrected chi connectivity index (χ0v) is 20.9. The molecule has 0 unspecified atom stereocenters. The third-order valence-corrected chi connectivity index (χ3v) is 7.38. The number of ketones is 1. The van der Waals surface area contributed by atoms with Crippen LogP contribution in [0.25, 0.3) is 0 Å². The number of rotatable bonds is 6. The molecule has 0 radical (unpaired) electrons. The number of hydrogen-bond acceptors (Lipinski definition) is 6. The minimum atomic E-state index is -0.754. The summed E-state index contributed by atoms with van der Waals surface area (Å²) >= 11 is 1.12. The molecule has 1 aliphatic carbocycles. The molecule has 2 aromatic rings. The Balaban J connectivity index is 1.44. The molecule has 1 aliphatic heterocycles. The van der Waals surface area contributed by atoms with Crippen LogP contribution in [0.5, 0.6) is 0 Å². The van der Waals surface area contributed by atoms with E-state index >= 15 is 0 Å². The molecule has 3 N–H and O–H groups in total. The Morgan fingerprint density at radius 2 is 2.00 bits per heavy atom. The summed E-state index contributed by atoms with van der Waals surface area (Å²) < 4.78 is 13.2. The Bertz CT molecular complexity index is 1210. The van der Waals surface area contributed by atoms with Crippen LogP contribution in [0.15, 0.2) is 36.0 Å². The second-order valence-electron chi connectivity index (χ2n) is 9.01. The monoisotopic (exact) mass is 513 g/mol. The number of hydrogen-bond donors (Lipinski definition) is 3. The van der Waals surface area contributed by atoms with Crippen molar-refractivity contribution in [2.75, 3.05) is 11.9 Å². The van der Waals surface area contributed by atoms with Gasteiger partial charge in [-0.15, -0.1) is 0 Å². The number of nitrogens with one attached hydrogen (secondary N) is 3. The van der Waals surface area contributed by atoms with Crippen LogP contribution in [-0.2, 0) is 16.0 Å². The highest BCUT2D eigenvalue weighted by Crippen LogP contribution is 2.26. The number of amides is 4. The lowest BCUT2D eigenvalue weighted by Crippen LogP contribution is -2.57. The van der Waals surface area contributed by atoms with Crippen LogP contribution in [0, 0.1) is 12.7 Å². The number of piperazine rings is 1. The van der Waals surface area contributed by atoms with E-state index in [1.807, 2.05) is 0 Å². The number of Topliss-reactive ketones (excluding diaryl/α,β-unsaturated/α-hetero) is 1. The molecule has 0 spiro atoms. The highest BCUT2D eigenvalue weighted by atomic mass is 32.1. The fourth-order valence-electron chi connectivity index (χ4n) is 4.46. The molecule has 1 aromatic heterocycles. The van der Waals surface area contributed by atoms with Crippen molar-refractivity contribution in [2.24, 2.45) is 0 Å². The zero-order chi connectivity index (χ0) is 25.8. The maximum absolute atomic E-state index is 13.2. The van der Waals surface area contributed by atoms with Crippen molar-refractivity contribution in [2.45, 2.75) is 58.0 Å². The van der Waals surface area contributed by atoms with Gasteiger partial charge in [0.1, 0.15) is 18.4 Å². The second kappa shape index (κ2) is 11.0. The summed E-state index contributed by atoms with van der Waals surface area (Å²) in [6.07, 6.45) is 5.14. The van der Waals surface area contributed by atoms with Gasteiger partial charge in [-0.1, -0.05) is 29.9 Å². The highest BCUT2D eigenvalue weighted by molar-refractivity contribution is 7.17. The van der Waals surface area contributed by atoms with Gasteiger partial charge in [-0.25, -0.2) is 14.2 Å². The van der Waals surface area contributed by atoms with Crippen LogP contribution < -0.4 is 16.0 Å². The first-order valence-electron chi connectivity index (χ1n) is 11.8. The van der Waals surface area contributed by atoms with Crippen LogP contribution in [0.4, 0.5) is 14.3 Å². The lowest BCUT2D eigenvalue weighted by atomic mass is 9.90. The van der Waals surface area contributed by atoms with Gasteiger partial charge in [-0.3, -0.25) is 19.7 Å². The molecule has 2 heterocycles. The van der Waals surface area contributed by atoms with Crippen LogP contribution in [-0.4, -0.2) is 52.1 Å². The second-order valence-corrected chi connectivity index (χ2v) is 10.0. The molecule has 11 heteroatoms. The average molecular weight is 514 g/mol. The highest BCUT2D eigenvalue weighted by Gasteiger charge is 2.33. The Morgan fingerprint density at radius 1 is 1.25 bits per heavy atom. The summed E-state index contributed by atoms with van der Waals surface area (Å²) in [7, 11) is 0. The molecule has 9 nitrogen and oxygen atoms in total. The quantitative estimate of drug-likeness (QED) is 0.512. The number of benzene rings is 1. The van der Waals surface area contributed by atoms with Gasteiger partial charge < -0.3 is 15.5 Å². The summed E-state index contributed by atoms with van der Waals surface area (Å²) in [5, 5.41) is 8.68. The molecule has 0 bridgehead atoms. The Hall–Kier alpha value is -3.60. The van der Waals surface area contributed by atoms with E-state index in [2.05, 4.69) is 20.9 Å². The van der Waals surface area contributed by atoms with Crippen molar-refractivity contribution < 1.29 is 23.6 Å². The summed E-state index contributed by atoms with van der Waals surface area (Å²) in [6, 6.07) is 4.32. The normalized spacial score (nSPS) is 21.3. The summed E-state index contributed by atoms with van der Waals surface area (Å²) in [5.74, 6) is -1.01. The van der Waals surface area contributed by atoms with E-state index < -0.39 is 12.1 Å². The van der Waals surface area contributed by atoms with Crippen molar-refractivity contribution in [1.29, 1.82) is 0 Å². The number of urea groups is 1. The van der Waals surface area contributed by atoms with Crippen molar-refractivity contribution >= 4 is 40.1 Å². The van der Waals surface area contributed by atoms with Crippen LogP contribution in [0.2, 0.25) is 0 Å². The summed E-state index contributed by atoms with van der Waals surface area (Å²) in [4.78, 5) is 56.0. The Labute approximate surface area is 212 Å². The van der Waals surface area contributed by atoms with Crippen molar-refractivity contribution in [3.05, 3.63) is 58.0 Å². The largest absolute Gasteiger partial charge is 0.342 e. The molecular formula is C25H28FN5O4S. The molecule has 1 aromatic carbocycles. The SMILES string of the molecule is CC(=O)c1sc(NC(=O)N[C@@H]2CCCC/C2=C/N2CC(=O)N[C@@H](Cc3ccc(F)cc3)C2=O)nc1C. The van der Waals surface area contributed by atoms with Crippen LogP contribution in [0.3, 0.4) is 0 Å². The van der Waals surface area contributed by atoms with Gasteiger partial charge in [0, 0.05) is 19.5 Å². The molecule has 190 valence electrons. The molecule has 4 amide bonds. The van der Waals surface area contributed by atoms with E-state index in [-0.39, 0.29) is 42.4 Å². The molecule has 1 saturated carbocycles. The lowest BCUT2D eigenvalue weighted by molar-refractivity contribution is -0.141. The van der Waals surface area contributed by atoms with E-state index in [4.69, 9.17) is 0 Å². The van der Waals surface area contributed by atoms with Gasteiger partial charge in [0.2, 0.25) is 11.8 Å². The minimum Gasteiger partial charge on any atom is -0.342 e. The molecule has 2 aliphatic rings. The van der Waals surface area contributed by atoms with Gasteiger partial charge in [0.15, 0.2) is 10.9 Å². The number of anilines is 1. The topological polar surface area (TPSA) is 121 Å². The third-order valence-electron chi connectivity index (χ3n) is 6.20.